The van der Waals surface area contributed by atoms with E-state index in [1.54, 1.807) is 7.11 Å². The molecule has 0 saturated heterocycles. The van der Waals surface area contributed by atoms with Crippen molar-refractivity contribution < 1.29 is 4.74 Å². The van der Waals surface area contributed by atoms with E-state index in [1.807, 2.05) is 44.2 Å². The molecule has 0 N–H and O–H groups in total. The third kappa shape index (κ3) is 3.94. The molecule has 0 aliphatic carbocycles. The van der Waals surface area contributed by atoms with Gasteiger partial charge >= 0.3 is 0 Å². The Morgan fingerprint density at radius 2 is 1.79 bits per heavy atom. The highest BCUT2D eigenvalue weighted by Gasteiger charge is 2.03. The van der Waals surface area contributed by atoms with E-state index in [-0.39, 0.29) is 0 Å². The third-order valence-corrected chi connectivity index (χ3v) is 1.72. The van der Waals surface area contributed by atoms with Crippen LogP contribution in [0.15, 0.2) is 60.4 Å². The van der Waals surface area contributed by atoms with Crippen molar-refractivity contribution in [3.05, 3.63) is 60.4 Å². The van der Waals surface area contributed by atoms with Crippen LogP contribution in [-0.4, -0.2) is 7.11 Å². The van der Waals surface area contributed by atoms with Crippen molar-refractivity contribution in [2.45, 2.75) is 13.8 Å². The van der Waals surface area contributed by atoms with E-state index in [9.17, 15) is 0 Å². The van der Waals surface area contributed by atoms with Crippen LogP contribution in [0.5, 0.6) is 0 Å². The highest BCUT2D eigenvalue weighted by atomic mass is 16.5. The fourth-order valence-corrected chi connectivity index (χ4v) is 0.972. The van der Waals surface area contributed by atoms with Crippen LogP contribution >= 0.6 is 0 Å². The lowest BCUT2D eigenvalue weighted by Gasteiger charge is -2.08. The summed E-state index contributed by atoms with van der Waals surface area (Å²) in [7, 11) is 1.61. The topological polar surface area (TPSA) is 9.23 Å². The second kappa shape index (κ2) is 6.96. The number of hydrogen-bond donors (Lipinski definition) is 0. The monoisotopic (exact) mass is 190 g/mol. The molecule has 0 aliphatic rings. The van der Waals surface area contributed by atoms with Gasteiger partial charge in [-0.3, -0.25) is 0 Å². The summed E-state index contributed by atoms with van der Waals surface area (Å²) in [5.41, 5.74) is 1.82. The first-order valence-electron chi connectivity index (χ1n) is 4.55. The molecular weight excluding hydrogens is 172 g/mol. The summed E-state index contributed by atoms with van der Waals surface area (Å²) in [6, 6.07) is 0. The molecule has 76 valence electrons. The van der Waals surface area contributed by atoms with Gasteiger partial charge in [0.15, 0.2) is 0 Å². The molecule has 0 atom stereocenters. The van der Waals surface area contributed by atoms with Crippen molar-refractivity contribution in [1.29, 1.82) is 0 Å². The van der Waals surface area contributed by atoms with Crippen LogP contribution in [0.25, 0.3) is 0 Å². The van der Waals surface area contributed by atoms with E-state index in [4.69, 9.17) is 4.74 Å². The van der Waals surface area contributed by atoms with Gasteiger partial charge in [-0.1, -0.05) is 43.5 Å². The van der Waals surface area contributed by atoms with Gasteiger partial charge in [-0.05, 0) is 19.4 Å². The average molecular weight is 190 g/mol. The Labute approximate surface area is 86.8 Å². The minimum atomic E-state index is 0.631. The molecule has 0 rings (SSSR count). The summed E-state index contributed by atoms with van der Waals surface area (Å²) in [4.78, 5) is 0. The van der Waals surface area contributed by atoms with Crippen molar-refractivity contribution in [2.24, 2.45) is 0 Å². The normalized spacial score (nSPS) is 12.4. The van der Waals surface area contributed by atoms with Gasteiger partial charge in [-0.15, -0.1) is 0 Å². The lowest BCUT2D eigenvalue weighted by atomic mass is 10.1. The lowest BCUT2D eigenvalue weighted by molar-refractivity contribution is 0.304. The van der Waals surface area contributed by atoms with Crippen LogP contribution in [0, 0.1) is 0 Å². The van der Waals surface area contributed by atoms with Gasteiger partial charge in [0, 0.05) is 5.57 Å². The Balaban J connectivity index is 4.90. The van der Waals surface area contributed by atoms with Gasteiger partial charge in [-0.2, -0.15) is 0 Å². The molecule has 0 saturated carbocycles. The molecule has 0 aromatic rings. The maximum Gasteiger partial charge on any atom is 0.119 e. The second-order valence-electron chi connectivity index (χ2n) is 2.76. The quantitative estimate of drug-likeness (QED) is 0.473. The Kier molecular flexibility index (Phi) is 6.21. The number of allylic oxidation sites excluding steroid dienone is 6. The number of hydrogen-bond acceptors (Lipinski definition) is 1. The first-order chi connectivity index (χ1) is 6.67. The van der Waals surface area contributed by atoms with E-state index in [0.29, 0.717) is 5.76 Å². The Morgan fingerprint density at radius 3 is 2.21 bits per heavy atom. The molecule has 14 heavy (non-hydrogen) atoms. The molecule has 0 aromatic heterocycles. The van der Waals surface area contributed by atoms with Gasteiger partial charge in [0.1, 0.15) is 5.76 Å². The molecule has 0 fully saturated rings. The van der Waals surface area contributed by atoms with Crippen molar-refractivity contribution in [3.63, 3.8) is 0 Å². The van der Waals surface area contributed by atoms with Gasteiger partial charge in [0.25, 0.3) is 0 Å². The Morgan fingerprint density at radius 1 is 1.14 bits per heavy atom. The van der Waals surface area contributed by atoms with Crippen LogP contribution in [0.4, 0.5) is 0 Å². The van der Waals surface area contributed by atoms with Crippen LogP contribution in [0.3, 0.4) is 0 Å². The largest absolute Gasteiger partial charge is 0.497 e. The van der Waals surface area contributed by atoms with Crippen molar-refractivity contribution in [1.82, 2.24) is 0 Å². The predicted octanol–water partition coefficient (Wildman–Crippen LogP) is 3.78. The van der Waals surface area contributed by atoms with E-state index >= 15 is 0 Å². The van der Waals surface area contributed by atoms with E-state index in [0.717, 1.165) is 11.1 Å². The average Bonchev–Trinajstić information content (AvgIpc) is 2.18. The first kappa shape index (κ1) is 12.5. The summed E-state index contributed by atoms with van der Waals surface area (Å²) >= 11 is 0. The fraction of sp³-hybridized carbons (Fsp3) is 0.231. The maximum atomic E-state index is 5.09. The lowest BCUT2D eigenvalue weighted by Crippen LogP contribution is -1.92. The zero-order valence-electron chi connectivity index (χ0n) is 9.21. The molecule has 0 spiro atoms. The van der Waals surface area contributed by atoms with Crippen LogP contribution in [0.1, 0.15) is 13.8 Å². The number of methoxy groups -OCH3 is 1. The minimum absolute atomic E-state index is 0.631. The minimum Gasteiger partial charge on any atom is -0.497 e. The Bertz CT molecular complexity index is 290. The molecule has 0 heterocycles. The van der Waals surface area contributed by atoms with Crippen molar-refractivity contribution in [2.75, 3.05) is 7.11 Å². The SMILES string of the molecule is C=C(/C=C\C)/C(=C/C=C\C)C(=C)OC. The molecule has 0 aliphatic heterocycles. The molecule has 1 nitrogen and oxygen atoms in total. The zero-order chi connectivity index (χ0) is 11.0. The van der Waals surface area contributed by atoms with E-state index in [2.05, 4.69) is 13.2 Å². The van der Waals surface area contributed by atoms with Gasteiger partial charge in [0.2, 0.25) is 0 Å². The summed E-state index contributed by atoms with van der Waals surface area (Å²) in [5.74, 6) is 0.631. The summed E-state index contributed by atoms with van der Waals surface area (Å²) in [5, 5.41) is 0. The summed E-state index contributed by atoms with van der Waals surface area (Å²) in [6.07, 6.45) is 9.70. The molecule has 0 unspecified atom stereocenters. The second-order valence-corrected chi connectivity index (χ2v) is 2.76. The summed E-state index contributed by atoms with van der Waals surface area (Å²) < 4.78 is 5.09. The van der Waals surface area contributed by atoms with Crippen molar-refractivity contribution >= 4 is 0 Å². The predicted molar refractivity (Wildman–Crippen MR) is 63.0 cm³/mol. The summed E-state index contributed by atoms with van der Waals surface area (Å²) in [6.45, 7) is 11.7. The van der Waals surface area contributed by atoms with Gasteiger partial charge < -0.3 is 4.74 Å². The maximum absolute atomic E-state index is 5.09. The third-order valence-electron chi connectivity index (χ3n) is 1.72. The van der Waals surface area contributed by atoms with E-state index < -0.39 is 0 Å². The highest BCUT2D eigenvalue weighted by Crippen LogP contribution is 2.18. The Hall–Kier alpha value is -1.50. The molecular formula is C13H18O. The molecule has 0 amide bonds. The number of ether oxygens (including phenoxy) is 1. The highest BCUT2D eigenvalue weighted by molar-refractivity contribution is 5.48. The molecule has 0 radical (unpaired) electrons. The standard InChI is InChI=1S/C13H18O/c1-6-8-10-13(12(4)14-5)11(3)9-7-2/h6-10H,3-4H2,1-2,5H3/b8-6-,9-7-,13-10-. The van der Waals surface area contributed by atoms with E-state index in [1.165, 1.54) is 0 Å². The molecule has 0 aromatic carbocycles. The fourth-order valence-electron chi connectivity index (χ4n) is 0.972. The first-order valence-corrected chi connectivity index (χ1v) is 4.55. The zero-order valence-corrected chi connectivity index (χ0v) is 9.21. The van der Waals surface area contributed by atoms with Crippen LogP contribution in [-0.2, 0) is 4.74 Å². The van der Waals surface area contributed by atoms with Crippen LogP contribution in [0.2, 0.25) is 0 Å². The smallest absolute Gasteiger partial charge is 0.119 e. The van der Waals surface area contributed by atoms with Crippen molar-refractivity contribution in [3.8, 4) is 0 Å². The molecule has 0 bridgehead atoms. The van der Waals surface area contributed by atoms with Crippen LogP contribution < -0.4 is 0 Å². The van der Waals surface area contributed by atoms with Gasteiger partial charge in [0.05, 0.1) is 7.11 Å². The number of rotatable bonds is 5. The van der Waals surface area contributed by atoms with Gasteiger partial charge in [-0.25, -0.2) is 0 Å². The molecule has 1 heteroatoms.